The minimum absolute atomic E-state index is 0.802. The standard InChI is InChI=1S/C56H38N4O/c1-5-17-39(18-6-1)57(43-29-31-53-48(37-43)45-25-13-15-27-50(45)59(53)41-21-9-3-10-22-41)52-33-34-55(56-47(52)35-36-61-56)58(40-19-7-2-8-20-40)44-30-32-54-49(38-44)46-26-14-16-28-51(46)60(54)42-23-11-4-12-24-42/h1-38H. The number of para-hydroxylation sites is 6. The van der Waals surface area contributed by atoms with Crippen molar-refractivity contribution in [2.45, 2.75) is 0 Å². The van der Waals surface area contributed by atoms with Crippen LogP contribution in [0.4, 0.5) is 34.1 Å². The van der Waals surface area contributed by atoms with Crippen molar-refractivity contribution >= 4 is 88.7 Å². The van der Waals surface area contributed by atoms with E-state index in [0.717, 1.165) is 67.5 Å². The van der Waals surface area contributed by atoms with Gasteiger partial charge in [-0.3, -0.25) is 0 Å². The van der Waals surface area contributed by atoms with Gasteiger partial charge in [-0.1, -0.05) is 109 Å². The Morgan fingerprint density at radius 1 is 0.295 bits per heavy atom. The predicted octanol–water partition coefficient (Wildman–Crippen LogP) is 15.6. The Balaban J connectivity index is 1.05. The fraction of sp³-hybridized carbons (Fsp3) is 0. The maximum atomic E-state index is 6.56. The largest absolute Gasteiger partial charge is 0.462 e. The summed E-state index contributed by atoms with van der Waals surface area (Å²) in [5.74, 6) is 0. The molecule has 0 amide bonds. The molecule has 288 valence electrons. The molecule has 12 rings (SSSR count). The molecule has 0 spiro atoms. The van der Waals surface area contributed by atoms with Crippen molar-refractivity contribution in [1.82, 2.24) is 9.13 Å². The SMILES string of the molecule is c1ccc(N(c2ccc3c(c2)c2ccccc2n3-c2ccccc2)c2ccc(N(c3ccccc3)c3ccc4c(c3)c3ccccc3n4-c3ccccc3)c3occc23)cc1. The van der Waals surface area contributed by atoms with Gasteiger partial charge in [-0.2, -0.15) is 0 Å². The lowest BCUT2D eigenvalue weighted by Crippen LogP contribution is -2.13. The van der Waals surface area contributed by atoms with E-state index in [4.69, 9.17) is 4.42 Å². The highest BCUT2D eigenvalue weighted by molar-refractivity contribution is 6.13. The second-order valence-electron chi connectivity index (χ2n) is 15.4. The van der Waals surface area contributed by atoms with Crippen LogP contribution in [0.2, 0.25) is 0 Å². The van der Waals surface area contributed by atoms with E-state index < -0.39 is 0 Å². The highest BCUT2D eigenvalue weighted by Crippen LogP contribution is 2.47. The quantitative estimate of drug-likeness (QED) is 0.154. The fourth-order valence-electron chi connectivity index (χ4n) is 9.32. The van der Waals surface area contributed by atoms with Crippen LogP contribution in [0.1, 0.15) is 0 Å². The monoisotopic (exact) mass is 782 g/mol. The Bertz CT molecular complexity index is 3300. The van der Waals surface area contributed by atoms with E-state index in [-0.39, 0.29) is 0 Å². The number of furan rings is 1. The van der Waals surface area contributed by atoms with Gasteiger partial charge < -0.3 is 23.4 Å². The molecule has 0 aliphatic rings. The van der Waals surface area contributed by atoms with E-state index in [1.54, 1.807) is 0 Å². The van der Waals surface area contributed by atoms with Gasteiger partial charge in [-0.25, -0.2) is 0 Å². The molecule has 0 radical (unpaired) electrons. The van der Waals surface area contributed by atoms with Crippen molar-refractivity contribution in [3.63, 3.8) is 0 Å². The molecule has 0 fully saturated rings. The van der Waals surface area contributed by atoms with Gasteiger partial charge in [0.2, 0.25) is 0 Å². The molecule has 0 unspecified atom stereocenters. The van der Waals surface area contributed by atoms with E-state index in [2.05, 4.69) is 243 Å². The molecule has 3 heterocycles. The number of benzene rings is 9. The highest BCUT2D eigenvalue weighted by Gasteiger charge is 2.24. The van der Waals surface area contributed by atoms with Gasteiger partial charge in [-0.15, -0.1) is 0 Å². The lowest BCUT2D eigenvalue weighted by Gasteiger charge is -2.29. The third-order valence-corrected chi connectivity index (χ3v) is 11.9. The van der Waals surface area contributed by atoms with Crippen LogP contribution in [0.3, 0.4) is 0 Å². The number of hydrogen-bond donors (Lipinski definition) is 0. The summed E-state index contributed by atoms with van der Waals surface area (Å²) in [5, 5.41) is 5.80. The van der Waals surface area contributed by atoms with Gasteiger partial charge in [-0.05, 0) is 115 Å². The molecule has 0 saturated carbocycles. The van der Waals surface area contributed by atoms with Crippen LogP contribution in [0.25, 0.3) is 66.0 Å². The van der Waals surface area contributed by atoms with Crippen LogP contribution >= 0.6 is 0 Å². The van der Waals surface area contributed by atoms with Gasteiger partial charge in [0.05, 0.1) is 39.7 Å². The number of hydrogen-bond acceptors (Lipinski definition) is 3. The van der Waals surface area contributed by atoms with Crippen LogP contribution in [0.15, 0.2) is 235 Å². The summed E-state index contributed by atoms with van der Waals surface area (Å²) in [5.41, 5.74) is 13.9. The second kappa shape index (κ2) is 14.2. The highest BCUT2D eigenvalue weighted by atomic mass is 16.3. The van der Waals surface area contributed by atoms with Crippen molar-refractivity contribution in [2.24, 2.45) is 0 Å². The first-order valence-corrected chi connectivity index (χ1v) is 20.7. The van der Waals surface area contributed by atoms with Crippen molar-refractivity contribution in [2.75, 3.05) is 9.80 Å². The molecule has 61 heavy (non-hydrogen) atoms. The minimum Gasteiger partial charge on any atom is -0.462 e. The lowest BCUT2D eigenvalue weighted by molar-refractivity contribution is 0.616. The smallest absolute Gasteiger partial charge is 0.159 e. The number of rotatable bonds is 8. The summed E-state index contributed by atoms with van der Waals surface area (Å²) >= 11 is 0. The number of fused-ring (bicyclic) bond motifs is 7. The zero-order chi connectivity index (χ0) is 40.3. The van der Waals surface area contributed by atoms with Crippen molar-refractivity contribution in [3.05, 3.63) is 231 Å². The minimum atomic E-state index is 0.802. The zero-order valence-electron chi connectivity index (χ0n) is 33.1. The molecular weight excluding hydrogens is 745 g/mol. The van der Waals surface area contributed by atoms with E-state index in [1.807, 2.05) is 6.26 Å². The second-order valence-corrected chi connectivity index (χ2v) is 15.4. The van der Waals surface area contributed by atoms with Crippen LogP contribution in [0.5, 0.6) is 0 Å². The summed E-state index contributed by atoms with van der Waals surface area (Å²) < 4.78 is 11.3. The molecule has 12 aromatic rings. The first kappa shape index (κ1) is 34.7. The first-order valence-electron chi connectivity index (χ1n) is 20.7. The molecule has 0 aliphatic carbocycles. The summed E-state index contributed by atoms with van der Waals surface area (Å²) in [6.45, 7) is 0. The van der Waals surface area contributed by atoms with Gasteiger partial charge in [0.1, 0.15) is 0 Å². The molecule has 3 aromatic heterocycles. The van der Waals surface area contributed by atoms with Crippen molar-refractivity contribution < 1.29 is 4.42 Å². The Kier molecular flexibility index (Phi) is 8.10. The van der Waals surface area contributed by atoms with Gasteiger partial charge in [0.15, 0.2) is 5.58 Å². The molecule has 0 saturated heterocycles. The van der Waals surface area contributed by atoms with Gasteiger partial charge in [0, 0.05) is 61.1 Å². The van der Waals surface area contributed by atoms with E-state index >= 15 is 0 Å². The third kappa shape index (κ3) is 5.63. The Morgan fingerprint density at radius 2 is 0.705 bits per heavy atom. The molecule has 0 N–H and O–H groups in total. The lowest BCUT2D eigenvalue weighted by atomic mass is 10.1. The Labute approximate surface area is 352 Å². The molecular formula is C56H38N4O. The molecule has 0 bridgehead atoms. The normalized spacial score (nSPS) is 11.6. The van der Waals surface area contributed by atoms with E-state index in [1.165, 1.54) is 32.6 Å². The maximum absolute atomic E-state index is 6.56. The van der Waals surface area contributed by atoms with Crippen LogP contribution in [-0.2, 0) is 0 Å². The Morgan fingerprint density at radius 3 is 1.21 bits per heavy atom. The molecule has 0 aliphatic heterocycles. The predicted molar refractivity (Wildman–Crippen MR) is 254 cm³/mol. The van der Waals surface area contributed by atoms with Gasteiger partial charge >= 0.3 is 0 Å². The van der Waals surface area contributed by atoms with E-state index in [9.17, 15) is 0 Å². The summed E-state index contributed by atoms with van der Waals surface area (Å²) in [4.78, 5) is 4.67. The topological polar surface area (TPSA) is 29.5 Å². The third-order valence-electron chi connectivity index (χ3n) is 11.9. The fourth-order valence-corrected chi connectivity index (χ4v) is 9.32. The molecule has 5 heteroatoms. The van der Waals surface area contributed by atoms with Gasteiger partial charge in [0.25, 0.3) is 0 Å². The molecule has 9 aromatic carbocycles. The van der Waals surface area contributed by atoms with Crippen molar-refractivity contribution in [1.29, 1.82) is 0 Å². The zero-order valence-corrected chi connectivity index (χ0v) is 33.1. The van der Waals surface area contributed by atoms with E-state index in [0.29, 0.717) is 0 Å². The number of nitrogens with zero attached hydrogens (tertiary/aromatic N) is 4. The maximum Gasteiger partial charge on any atom is 0.159 e. The first-order chi connectivity index (χ1) is 30.3. The molecule has 5 nitrogen and oxygen atoms in total. The van der Waals surface area contributed by atoms with Crippen molar-refractivity contribution in [3.8, 4) is 11.4 Å². The number of anilines is 6. The summed E-state index contributed by atoms with van der Waals surface area (Å²) in [6, 6.07) is 80.0. The van der Waals surface area contributed by atoms with Crippen LogP contribution in [-0.4, -0.2) is 9.13 Å². The van der Waals surface area contributed by atoms with Crippen LogP contribution in [0, 0.1) is 0 Å². The summed E-state index contributed by atoms with van der Waals surface area (Å²) in [6.07, 6.45) is 1.82. The van der Waals surface area contributed by atoms with Crippen LogP contribution < -0.4 is 9.80 Å². The number of aromatic nitrogens is 2. The summed E-state index contributed by atoms with van der Waals surface area (Å²) in [7, 11) is 0. The average molecular weight is 783 g/mol. The molecule has 0 atom stereocenters. The Hall–Kier alpha value is -8.28. The average Bonchev–Trinajstić information content (AvgIpc) is 4.05.